The summed E-state index contributed by atoms with van der Waals surface area (Å²) in [5.41, 5.74) is 3.93. The van der Waals surface area contributed by atoms with Gasteiger partial charge in [-0.25, -0.2) is 0 Å². The average Bonchev–Trinajstić information content (AvgIpc) is 2.25. The molecule has 0 unspecified atom stereocenters. The Morgan fingerprint density at radius 2 is 1.93 bits per heavy atom. The number of aryl methyl sites for hydroxylation is 1. The normalized spacial score (nSPS) is 9.33. The van der Waals surface area contributed by atoms with E-state index in [4.69, 9.17) is 4.74 Å². The Balaban J connectivity index is 2.89. The zero-order valence-corrected chi connectivity index (χ0v) is 9.98. The lowest BCUT2D eigenvalue weighted by molar-refractivity contribution is 0.411. The smallest absolute Gasteiger partial charge is 0.122 e. The van der Waals surface area contributed by atoms with Crippen molar-refractivity contribution in [3.63, 3.8) is 0 Å². The highest BCUT2D eigenvalue weighted by molar-refractivity contribution is 5.43. The molecular weight excluding hydrogens is 184 g/mol. The molecule has 1 heteroatoms. The van der Waals surface area contributed by atoms with Crippen LogP contribution in [0, 0.1) is 25.7 Å². The fourth-order valence-electron chi connectivity index (χ4n) is 1.67. The molecule has 0 saturated carbocycles. The van der Waals surface area contributed by atoms with Crippen molar-refractivity contribution in [2.75, 3.05) is 7.11 Å². The molecule has 1 rings (SSSR count). The molecule has 1 nitrogen and oxygen atoms in total. The van der Waals surface area contributed by atoms with E-state index in [0.717, 1.165) is 18.6 Å². The van der Waals surface area contributed by atoms with E-state index in [1.54, 1.807) is 7.11 Å². The van der Waals surface area contributed by atoms with Crippen LogP contribution < -0.4 is 4.74 Å². The first-order chi connectivity index (χ1) is 7.20. The van der Waals surface area contributed by atoms with Crippen LogP contribution in [0.4, 0.5) is 0 Å². The Bertz CT molecular complexity index is 394. The fourth-order valence-corrected chi connectivity index (χ4v) is 1.67. The molecule has 0 bridgehead atoms. The maximum absolute atomic E-state index is 5.28. The highest BCUT2D eigenvalue weighted by Crippen LogP contribution is 2.24. The third-order valence-electron chi connectivity index (χ3n) is 2.77. The van der Waals surface area contributed by atoms with Gasteiger partial charge in [-0.2, -0.15) is 0 Å². The Kier molecular flexibility index (Phi) is 4.24. The number of hydrogen-bond acceptors (Lipinski definition) is 1. The van der Waals surface area contributed by atoms with E-state index in [-0.39, 0.29) is 0 Å². The fraction of sp³-hybridized carbons (Fsp3) is 0.429. The second-order valence-electron chi connectivity index (χ2n) is 3.60. The van der Waals surface area contributed by atoms with Gasteiger partial charge in [-0.15, -0.1) is 11.8 Å². The quantitative estimate of drug-likeness (QED) is 0.683. The molecule has 0 N–H and O–H groups in total. The Labute approximate surface area is 92.5 Å². The molecule has 1 aromatic carbocycles. The molecule has 0 aliphatic heterocycles. The van der Waals surface area contributed by atoms with Crippen LogP contribution in [0.15, 0.2) is 12.1 Å². The lowest BCUT2D eigenvalue weighted by Crippen LogP contribution is -1.95. The van der Waals surface area contributed by atoms with E-state index in [2.05, 4.69) is 31.8 Å². The van der Waals surface area contributed by atoms with Crippen LogP contribution in [-0.4, -0.2) is 7.11 Å². The molecule has 1 aromatic rings. The molecule has 0 spiro atoms. The summed E-state index contributed by atoms with van der Waals surface area (Å²) in [7, 11) is 1.71. The number of methoxy groups -OCH3 is 1. The summed E-state index contributed by atoms with van der Waals surface area (Å²) in [6.45, 7) is 6.13. The van der Waals surface area contributed by atoms with Crippen LogP contribution in [0.3, 0.4) is 0 Å². The van der Waals surface area contributed by atoms with Gasteiger partial charge >= 0.3 is 0 Å². The minimum Gasteiger partial charge on any atom is -0.496 e. The Morgan fingerprint density at radius 1 is 1.20 bits per heavy atom. The molecule has 0 atom stereocenters. The van der Waals surface area contributed by atoms with Gasteiger partial charge in [-0.3, -0.25) is 0 Å². The highest BCUT2D eigenvalue weighted by atomic mass is 16.5. The van der Waals surface area contributed by atoms with Gasteiger partial charge in [0.25, 0.3) is 0 Å². The van der Waals surface area contributed by atoms with Crippen LogP contribution in [0.25, 0.3) is 0 Å². The summed E-state index contributed by atoms with van der Waals surface area (Å²) >= 11 is 0. The second-order valence-corrected chi connectivity index (χ2v) is 3.60. The van der Waals surface area contributed by atoms with Gasteiger partial charge in [0.05, 0.1) is 7.11 Å². The van der Waals surface area contributed by atoms with Crippen molar-refractivity contribution in [1.29, 1.82) is 0 Å². The summed E-state index contributed by atoms with van der Waals surface area (Å²) < 4.78 is 5.28. The van der Waals surface area contributed by atoms with Gasteiger partial charge in [-0.1, -0.05) is 6.07 Å². The number of benzene rings is 1. The molecular formula is C14H18O. The molecule has 0 aliphatic rings. The van der Waals surface area contributed by atoms with Gasteiger partial charge in [-0.05, 0) is 49.9 Å². The van der Waals surface area contributed by atoms with Gasteiger partial charge in [0.2, 0.25) is 0 Å². The van der Waals surface area contributed by atoms with Crippen molar-refractivity contribution in [2.45, 2.75) is 33.6 Å². The summed E-state index contributed by atoms with van der Waals surface area (Å²) in [5, 5.41) is 0. The predicted molar refractivity (Wildman–Crippen MR) is 64.2 cm³/mol. The molecule has 0 radical (unpaired) electrons. The van der Waals surface area contributed by atoms with Crippen LogP contribution >= 0.6 is 0 Å². The first kappa shape index (κ1) is 11.7. The minimum absolute atomic E-state index is 0.934. The van der Waals surface area contributed by atoms with Gasteiger partial charge in [0.15, 0.2) is 0 Å². The van der Waals surface area contributed by atoms with E-state index < -0.39 is 0 Å². The molecule has 80 valence electrons. The van der Waals surface area contributed by atoms with E-state index in [0.29, 0.717) is 0 Å². The molecule has 0 aromatic heterocycles. The molecule has 0 heterocycles. The second kappa shape index (κ2) is 5.46. The molecule has 0 aliphatic carbocycles. The van der Waals surface area contributed by atoms with Gasteiger partial charge in [0.1, 0.15) is 5.75 Å². The van der Waals surface area contributed by atoms with E-state index in [1.165, 1.54) is 16.7 Å². The van der Waals surface area contributed by atoms with Crippen molar-refractivity contribution in [1.82, 2.24) is 0 Å². The largest absolute Gasteiger partial charge is 0.496 e. The summed E-state index contributed by atoms with van der Waals surface area (Å²) in [6.07, 6.45) is 1.96. The standard InChI is InChI=1S/C14H18O/c1-5-6-7-8-13-9-10-14(15-4)12(3)11(13)2/h9-10H,7-8H2,1-4H3. The number of rotatable bonds is 3. The summed E-state index contributed by atoms with van der Waals surface area (Å²) in [5.74, 6) is 6.98. The van der Waals surface area contributed by atoms with Crippen molar-refractivity contribution < 1.29 is 4.74 Å². The first-order valence-electron chi connectivity index (χ1n) is 5.23. The molecule has 0 fully saturated rings. The monoisotopic (exact) mass is 202 g/mol. The Hall–Kier alpha value is -1.42. The SMILES string of the molecule is CC#CCCc1ccc(OC)c(C)c1C. The Morgan fingerprint density at radius 3 is 2.53 bits per heavy atom. The third kappa shape index (κ3) is 2.76. The van der Waals surface area contributed by atoms with E-state index in [9.17, 15) is 0 Å². The van der Waals surface area contributed by atoms with Crippen molar-refractivity contribution in [3.8, 4) is 17.6 Å². The van der Waals surface area contributed by atoms with Crippen LogP contribution in [-0.2, 0) is 6.42 Å². The first-order valence-corrected chi connectivity index (χ1v) is 5.23. The predicted octanol–water partition coefficient (Wildman–Crippen LogP) is 3.27. The zero-order chi connectivity index (χ0) is 11.3. The lowest BCUT2D eigenvalue weighted by atomic mass is 9.99. The molecule has 0 saturated heterocycles. The van der Waals surface area contributed by atoms with Crippen molar-refractivity contribution in [3.05, 3.63) is 28.8 Å². The topological polar surface area (TPSA) is 9.23 Å². The third-order valence-corrected chi connectivity index (χ3v) is 2.77. The average molecular weight is 202 g/mol. The number of ether oxygens (including phenoxy) is 1. The summed E-state index contributed by atoms with van der Waals surface area (Å²) in [6, 6.07) is 4.18. The van der Waals surface area contributed by atoms with Crippen molar-refractivity contribution >= 4 is 0 Å². The highest BCUT2D eigenvalue weighted by Gasteiger charge is 2.05. The van der Waals surface area contributed by atoms with E-state index >= 15 is 0 Å². The lowest BCUT2D eigenvalue weighted by Gasteiger charge is -2.11. The van der Waals surface area contributed by atoms with Gasteiger partial charge < -0.3 is 4.74 Å². The zero-order valence-electron chi connectivity index (χ0n) is 9.98. The molecule has 15 heavy (non-hydrogen) atoms. The van der Waals surface area contributed by atoms with Gasteiger partial charge in [0, 0.05) is 6.42 Å². The van der Waals surface area contributed by atoms with E-state index in [1.807, 2.05) is 13.0 Å². The minimum atomic E-state index is 0.934. The maximum atomic E-state index is 5.28. The van der Waals surface area contributed by atoms with Crippen molar-refractivity contribution in [2.24, 2.45) is 0 Å². The number of hydrogen-bond donors (Lipinski definition) is 0. The van der Waals surface area contributed by atoms with Crippen LogP contribution in [0.2, 0.25) is 0 Å². The van der Waals surface area contributed by atoms with Crippen LogP contribution in [0.1, 0.15) is 30.0 Å². The molecule has 0 amide bonds. The maximum Gasteiger partial charge on any atom is 0.122 e. The summed E-state index contributed by atoms with van der Waals surface area (Å²) in [4.78, 5) is 0. The van der Waals surface area contributed by atoms with Crippen LogP contribution in [0.5, 0.6) is 5.75 Å².